The molecule has 2 aliphatic rings. The van der Waals surface area contributed by atoms with Crippen molar-refractivity contribution < 1.29 is 17.7 Å². The lowest BCUT2D eigenvalue weighted by molar-refractivity contribution is 0.0154. The molecule has 10 heteroatoms. The Balaban J connectivity index is 1.32. The maximum atomic E-state index is 10.7. The van der Waals surface area contributed by atoms with Gasteiger partial charge in [-0.05, 0) is 37.5 Å². The second kappa shape index (κ2) is 6.75. The number of hydrogen-bond donors (Lipinski definition) is 2. The first-order valence-electron chi connectivity index (χ1n) is 8.86. The van der Waals surface area contributed by atoms with Crippen LogP contribution in [0.1, 0.15) is 25.7 Å². The van der Waals surface area contributed by atoms with Gasteiger partial charge in [-0.1, -0.05) is 0 Å². The van der Waals surface area contributed by atoms with Crippen LogP contribution in [0.25, 0.3) is 11.2 Å². The smallest absolute Gasteiger partial charge is 0.264 e. The average molecular weight is 381 g/mol. The molecule has 2 aliphatic carbocycles. The molecule has 0 unspecified atom stereocenters. The van der Waals surface area contributed by atoms with Crippen molar-refractivity contribution in [2.24, 2.45) is 18.9 Å². The lowest BCUT2D eigenvalue weighted by Gasteiger charge is -2.29. The molecule has 0 amide bonds. The summed E-state index contributed by atoms with van der Waals surface area (Å²) < 4.78 is 38.0. The zero-order valence-electron chi connectivity index (χ0n) is 14.6. The molecule has 2 bridgehead atoms. The number of nitrogens with zero attached hydrogens (tertiary/aromatic N) is 4. The normalized spacial score (nSPS) is 28.1. The van der Waals surface area contributed by atoms with Gasteiger partial charge in [0, 0.05) is 19.7 Å². The van der Waals surface area contributed by atoms with Gasteiger partial charge in [-0.15, -0.1) is 0 Å². The van der Waals surface area contributed by atoms with Gasteiger partial charge in [0.15, 0.2) is 11.5 Å². The highest BCUT2D eigenvalue weighted by Crippen LogP contribution is 2.47. The molecule has 2 heterocycles. The van der Waals surface area contributed by atoms with Gasteiger partial charge >= 0.3 is 0 Å². The first kappa shape index (κ1) is 17.6. The van der Waals surface area contributed by atoms with E-state index >= 15 is 0 Å². The predicted molar refractivity (Wildman–Crippen MR) is 95.3 cm³/mol. The van der Waals surface area contributed by atoms with Crippen LogP contribution in [-0.4, -0.2) is 57.0 Å². The number of fused-ring (bicyclic) bond motifs is 3. The molecule has 2 saturated carbocycles. The summed E-state index contributed by atoms with van der Waals surface area (Å²) in [5.41, 5.74) is 1.60. The zero-order valence-corrected chi connectivity index (χ0v) is 15.4. The maximum Gasteiger partial charge on any atom is 0.264 e. The third-order valence-electron chi connectivity index (χ3n) is 5.49. The molecule has 2 aromatic heterocycles. The summed E-state index contributed by atoms with van der Waals surface area (Å²) in [7, 11) is -1.99. The second-order valence-corrected chi connectivity index (χ2v) is 8.85. The van der Waals surface area contributed by atoms with Crippen LogP contribution in [-0.2, 0) is 21.9 Å². The number of aromatic nitrogens is 4. The largest absolute Gasteiger partial charge is 0.378 e. The van der Waals surface area contributed by atoms with Crippen LogP contribution in [0.3, 0.4) is 0 Å². The summed E-state index contributed by atoms with van der Waals surface area (Å²) in [6, 6.07) is 0.345. The second-order valence-electron chi connectivity index (χ2n) is 7.28. The van der Waals surface area contributed by atoms with Crippen molar-refractivity contribution in [1.29, 1.82) is 0 Å². The summed E-state index contributed by atoms with van der Waals surface area (Å²) in [4.78, 5) is 13.0. The summed E-state index contributed by atoms with van der Waals surface area (Å²) in [5.74, 6) is 1.52. The Morgan fingerprint density at radius 1 is 1.27 bits per heavy atom. The maximum absolute atomic E-state index is 10.7. The van der Waals surface area contributed by atoms with Crippen LogP contribution < -0.4 is 5.32 Å². The highest BCUT2D eigenvalue weighted by atomic mass is 32.2. The fourth-order valence-electron chi connectivity index (χ4n) is 4.31. The number of aryl methyl sites for hydroxylation is 1. The third kappa shape index (κ3) is 3.53. The van der Waals surface area contributed by atoms with Crippen molar-refractivity contribution in [3.05, 3.63) is 12.7 Å². The van der Waals surface area contributed by atoms with Gasteiger partial charge < -0.3 is 14.6 Å². The van der Waals surface area contributed by atoms with E-state index in [1.165, 1.54) is 0 Å². The Kier molecular flexibility index (Phi) is 4.57. The minimum atomic E-state index is -3.90. The number of rotatable bonds is 7. The van der Waals surface area contributed by atoms with E-state index in [-0.39, 0.29) is 11.9 Å². The van der Waals surface area contributed by atoms with E-state index in [4.69, 9.17) is 9.29 Å². The summed E-state index contributed by atoms with van der Waals surface area (Å²) in [6.45, 7) is 0.367. The first-order valence-corrected chi connectivity index (χ1v) is 10.5. The molecule has 4 atom stereocenters. The molecule has 142 valence electrons. The van der Waals surface area contributed by atoms with Crippen LogP contribution in [0.4, 0.5) is 5.82 Å². The highest BCUT2D eigenvalue weighted by molar-refractivity contribution is 7.85. The van der Waals surface area contributed by atoms with E-state index in [0.717, 1.165) is 36.2 Å². The van der Waals surface area contributed by atoms with E-state index in [1.807, 2.05) is 11.6 Å². The summed E-state index contributed by atoms with van der Waals surface area (Å²) >= 11 is 0. The predicted octanol–water partition coefficient (Wildman–Crippen LogP) is 1.24. The molecule has 26 heavy (non-hydrogen) atoms. The van der Waals surface area contributed by atoms with Crippen LogP contribution in [0, 0.1) is 11.8 Å². The Hall–Kier alpha value is -1.78. The molecule has 9 nitrogen and oxygen atoms in total. The Labute approximate surface area is 151 Å². The van der Waals surface area contributed by atoms with Crippen LogP contribution in [0.15, 0.2) is 12.7 Å². The van der Waals surface area contributed by atoms with Crippen molar-refractivity contribution in [2.75, 3.05) is 17.7 Å². The van der Waals surface area contributed by atoms with Crippen molar-refractivity contribution >= 4 is 27.1 Å². The molecule has 2 fully saturated rings. The SMILES string of the molecule is Cn1cnc2c(N[C@H]3C[C@@H]4C[C@H]3C[C@@H]4OCCCS(=O)(=O)O)ncnc21. The summed E-state index contributed by atoms with van der Waals surface area (Å²) in [5, 5.41) is 3.54. The molecule has 2 aromatic rings. The fraction of sp³-hybridized carbons (Fsp3) is 0.688. The first-order chi connectivity index (χ1) is 12.4. The van der Waals surface area contributed by atoms with Gasteiger partial charge in [0.2, 0.25) is 0 Å². The molecular weight excluding hydrogens is 358 g/mol. The number of hydrogen-bond acceptors (Lipinski definition) is 7. The molecule has 0 spiro atoms. The molecule has 0 aliphatic heterocycles. The quantitative estimate of drug-likeness (QED) is 0.543. The standard InChI is InChI=1S/C16H23N5O4S/c1-21-9-19-14-15(17-8-18-16(14)21)20-12-6-11-5-10(12)7-13(11)25-3-2-4-26(22,23)24/h8-13H,2-7H2,1H3,(H,17,18,20)(H,22,23,24)/t10-,11-,12-,13-/m0/s1. The lowest BCUT2D eigenvalue weighted by Crippen LogP contribution is -2.33. The third-order valence-corrected chi connectivity index (χ3v) is 6.29. The van der Waals surface area contributed by atoms with Crippen molar-refractivity contribution in [3.8, 4) is 0 Å². The van der Waals surface area contributed by atoms with Gasteiger partial charge in [-0.3, -0.25) is 4.55 Å². The van der Waals surface area contributed by atoms with Gasteiger partial charge in [0.25, 0.3) is 10.1 Å². The minimum absolute atomic E-state index is 0.180. The van der Waals surface area contributed by atoms with Crippen LogP contribution in [0.5, 0.6) is 0 Å². The Morgan fingerprint density at radius 2 is 2.12 bits per heavy atom. The Bertz CT molecular complexity index is 899. The van der Waals surface area contributed by atoms with E-state index in [9.17, 15) is 8.42 Å². The van der Waals surface area contributed by atoms with Gasteiger partial charge in [0.1, 0.15) is 11.8 Å². The van der Waals surface area contributed by atoms with Gasteiger partial charge in [-0.2, -0.15) is 8.42 Å². The number of nitrogens with one attached hydrogen (secondary N) is 1. The van der Waals surface area contributed by atoms with Crippen molar-refractivity contribution in [1.82, 2.24) is 19.5 Å². The van der Waals surface area contributed by atoms with Gasteiger partial charge in [0.05, 0.1) is 18.2 Å². The Morgan fingerprint density at radius 3 is 2.85 bits per heavy atom. The zero-order chi connectivity index (χ0) is 18.3. The average Bonchev–Trinajstić information content (AvgIpc) is 3.26. The van der Waals surface area contributed by atoms with E-state index < -0.39 is 10.1 Å². The van der Waals surface area contributed by atoms with Gasteiger partial charge in [-0.25, -0.2) is 15.0 Å². The monoisotopic (exact) mass is 381 g/mol. The molecule has 0 aromatic carbocycles. The molecule has 2 N–H and O–H groups in total. The summed E-state index contributed by atoms with van der Waals surface area (Å²) in [6.07, 6.45) is 6.88. The van der Waals surface area contributed by atoms with Crippen molar-refractivity contribution in [2.45, 2.75) is 37.8 Å². The number of ether oxygens (including phenoxy) is 1. The fourth-order valence-corrected chi connectivity index (χ4v) is 4.79. The molecule has 4 rings (SSSR count). The highest BCUT2D eigenvalue weighted by Gasteiger charge is 2.46. The molecule has 0 radical (unpaired) electrons. The van der Waals surface area contributed by atoms with Crippen LogP contribution >= 0.6 is 0 Å². The van der Waals surface area contributed by atoms with Crippen LogP contribution in [0.2, 0.25) is 0 Å². The number of imidazole rings is 1. The number of anilines is 1. The lowest BCUT2D eigenvalue weighted by atomic mass is 9.93. The van der Waals surface area contributed by atoms with Crippen molar-refractivity contribution in [3.63, 3.8) is 0 Å². The van der Waals surface area contributed by atoms with E-state index in [0.29, 0.717) is 30.9 Å². The topological polar surface area (TPSA) is 119 Å². The minimum Gasteiger partial charge on any atom is -0.378 e. The molecule has 0 saturated heterocycles. The molecular formula is C16H23N5O4S. The van der Waals surface area contributed by atoms with E-state index in [2.05, 4.69) is 20.3 Å². The van der Waals surface area contributed by atoms with E-state index in [1.54, 1.807) is 12.7 Å².